The highest BCUT2D eigenvalue weighted by Crippen LogP contribution is 2.38. The van der Waals surface area contributed by atoms with Crippen molar-refractivity contribution in [2.24, 2.45) is 5.92 Å². The first-order chi connectivity index (χ1) is 13.5. The zero-order valence-corrected chi connectivity index (χ0v) is 17.3. The van der Waals surface area contributed by atoms with Gasteiger partial charge < -0.3 is 9.47 Å². The Hall–Kier alpha value is -2.11. The van der Waals surface area contributed by atoms with Crippen LogP contribution < -0.4 is 0 Å². The molecule has 0 saturated heterocycles. The van der Waals surface area contributed by atoms with Gasteiger partial charge in [-0.2, -0.15) is 0 Å². The minimum atomic E-state index is -0.362. The highest BCUT2D eigenvalue weighted by atomic mass is 79.9. The molecule has 0 radical (unpaired) electrons. The van der Waals surface area contributed by atoms with Gasteiger partial charge in [0.1, 0.15) is 12.2 Å². The molecule has 0 bridgehead atoms. The van der Waals surface area contributed by atoms with Gasteiger partial charge in [0.15, 0.2) is 5.78 Å². The zero-order valence-electron chi connectivity index (χ0n) is 14.9. The summed E-state index contributed by atoms with van der Waals surface area (Å²) in [5.41, 5.74) is 1.70. The molecule has 4 rings (SSSR count). The molecule has 1 fully saturated rings. The standard InChI is InChI=1S/C22H18BrClO4/c23-14-5-3-4-13(10-14)22(26)28-15-8-9-17-20(11-15)27-12-18(21(17)25)16-6-1-2-7-19(16)24/h1-7,10,12,15,17,20H,8-9,11H2. The summed E-state index contributed by atoms with van der Waals surface area (Å²) >= 11 is 9.59. The van der Waals surface area contributed by atoms with Crippen molar-refractivity contribution in [3.05, 3.63) is 75.4 Å². The Balaban J connectivity index is 1.45. The van der Waals surface area contributed by atoms with Crippen molar-refractivity contribution in [2.45, 2.75) is 31.5 Å². The predicted octanol–water partition coefficient (Wildman–Crippen LogP) is 5.44. The number of halogens is 2. The largest absolute Gasteiger partial charge is 0.496 e. The number of benzene rings is 2. The molecule has 144 valence electrons. The summed E-state index contributed by atoms with van der Waals surface area (Å²) in [6, 6.07) is 14.4. The average molecular weight is 462 g/mol. The zero-order chi connectivity index (χ0) is 19.7. The van der Waals surface area contributed by atoms with Crippen LogP contribution in [0, 0.1) is 5.92 Å². The molecule has 28 heavy (non-hydrogen) atoms. The second-order valence-corrected chi connectivity index (χ2v) is 8.33. The van der Waals surface area contributed by atoms with Crippen LogP contribution in [0.2, 0.25) is 5.02 Å². The maximum absolute atomic E-state index is 13.0. The third-order valence-electron chi connectivity index (χ3n) is 5.20. The van der Waals surface area contributed by atoms with E-state index in [9.17, 15) is 9.59 Å². The van der Waals surface area contributed by atoms with E-state index < -0.39 is 0 Å². The minimum Gasteiger partial charge on any atom is -0.496 e. The Morgan fingerprint density at radius 3 is 2.75 bits per heavy atom. The van der Waals surface area contributed by atoms with E-state index in [1.165, 1.54) is 6.26 Å². The average Bonchev–Trinajstić information content (AvgIpc) is 2.69. The first-order valence-electron chi connectivity index (χ1n) is 9.14. The van der Waals surface area contributed by atoms with Gasteiger partial charge >= 0.3 is 5.97 Å². The first kappa shape index (κ1) is 19.2. The summed E-state index contributed by atoms with van der Waals surface area (Å²) in [4.78, 5) is 25.4. The second-order valence-electron chi connectivity index (χ2n) is 7.01. The Labute approximate surface area is 176 Å². The van der Waals surface area contributed by atoms with Crippen molar-refractivity contribution in [1.82, 2.24) is 0 Å². The number of allylic oxidation sites excluding steroid dienone is 1. The van der Waals surface area contributed by atoms with E-state index >= 15 is 0 Å². The third-order valence-corrected chi connectivity index (χ3v) is 6.03. The van der Waals surface area contributed by atoms with Gasteiger partial charge in [-0.15, -0.1) is 0 Å². The van der Waals surface area contributed by atoms with Crippen molar-refractivity contribution in [1.29, 1.82) is 0 Å². The number of rotatable bonds is 3. The van der Waals surface area contributed by atoms with Crippen LogP contribution in [0.4, 0.5) is 0 Å². The molecule has 2 aliphatic rings. The number of Topliss-reactive ketones (excluding diaryl/α,β-unsaturated/α-hetero) is 1. The van der Waals surface area contributed by atoms with Crippen LogP contribution in [0.1, 0.15) is 35.2 Å². The summed E-state index contributed by atoms with van der Waals surface area (Å²) < 4.78 is 12.3. The van der Waals surface area contributed by atoms with Gasteiger partial charge in [-0.25, -0.2) is 4.79 Å². The van der Waals surface area contributed by atoms with Crippen molar-refractivity contribution < 1.29 is 19.1 Å². The number of fused-ring (bicyclic) bond motifs is 1. The van der Waals surface area contributed by atoms with Crippen LogP contribution in [0.25, 0.3) is 5.57 Å². The molecule has 0 N–H and O–H groups in total. The van der Waals surface area contributed by atoms with Gasteiger partial charge in [0.05, 0.1) is 23.3 Å². The van der Waals surface area contributed by atoms with Crippen molar-refractivity contribution >= 4 is 44.9 Å². The summed E-state index contributed by atoms with van der Waals surface area (Å²) in [7, 11) is 0. The summed E-state index contributed by atoms with van der Waals surface area (Å²) in [6.07, 6.45) is 2.70. The summed E-state index contributed by atoms with van der Waals surface area (Å²) in [5, 5.41) is 0.529. The maximum atomic E-state index is 13.0. The van der Waals surface area contributed by atoms with Gasteiger partial charge in [0, 0.05) is 21.5 Å². The molecule has 1 saturated carbocycles. The van der Waals surface area contributed by atoms with E-state index in [1.54, 1.807) is 24.3 Å². The van der Waals surface area contributed by atoms with Gasteiger partial charge in [0.25, 0.3) is 0 Å². The maximum Gasteiger partial charge on any atom is 0.338 e. The number of esters is 1. The lowest BCUT2D eigenvalue weighted by Gasteiger charge is -2.37. The van der Waals surface area contributed by atoms with Crippen LogP contribution in [0.15, 0.2) is 59.3 Å². The number of ether oxygens (including phenoxy) is 2. The van der Waals surface area contributed by atoms with Crippen LogP contribution >= 0.6 is 27.5 Å². The normalized spacial score (nSPS) is 24.0. The van der Waals surface area contributed by atoms with Crippen LogP contribution in [-0.4, -0.2) is 24.0 Å². The van der Waals surface area contributed by atoms with Gasteiger partial charge in [-0.1, -0.05) is 51.8 Å². The number of carbonyl (C=O) groups excluding carboxylic acids is 2. The van der Waals surface area contributed by atoms with E-state index in [-0.39, 0.29) is 29.9 Å². The number of hydrogen-bond donors (Lipinski definition) is 0. The van der Waals surface area contributed by atoms with E-state index in [0.717, 1.165) is 4.47 Å². The molecule has 0 amide bonds. The van der Waals surface area contributed by atoms with E-state index in [2.05, 4.69) is 15.9 Å². The lowest BCUT2D eigenvalue weighted by molar-refractivity contribution is -0.126. The molecule has 0 aromatic heterocycles. The monoisotopic (exact) mass is 460 g/mol. The van der Waals surface area contributed by atoms with Crippen molar-refractivity contribution in [2.75, 3.05) is 0 Å². The lowest BCUT2D eigenvalue weighted by atomic mass is 9.78. The van der Waals surface area contributed by atoms with Crippen molar-refractivity contribution in [3.8, 4) is 0 Å². The molecule has 3 atom stereocenters. The molecule has 4 nitrogen and oxygen atoms in total. The molecule has 0 spiro atoms. The quantitative estimate of drug-likeness (QED) is 0.571. The number of hydrogen-bond acceptors (Lipinski definition) is 4. The Morgan fingerprint density at radius 2 is 1.96 bits per heavy atom. The predicted molar refractivity (Wildman–Crippen MR) is 110 cm³/mol. The Morgan fingerprint density at radius 1 is 1.14 bits per heavy atom. The number of ketones is 1. The molecule has 1 heterocycles. The second kappa shape index (κ2) is 8.10. The molecule has 1 aliphatic carbocycles. The van der Waals surface area contributed by atoms with E-state index in [1.807, 2.05) is 24.3 Å². The van der Waals surface area contributed by atoms with Gasteiger partial charge in [-0.3, -0.25) is 4.79 Å². The molecule has 3 unspecified atom stereocenters. The van der Waals surface area contributed by atoms with E-state index in [4.69, 9.17) is 21.1 Å². The molecule has 2 aromatic rings. The highest BCUT2D eigenvalue weighted by Gasteiger charge is 2.41. The minimum absolute atomic E-state index is 0.0427. The highest BCUT2D eigenvalue weighted by molar-refractivity contribution is 9.10. The summed E-state index contributed by atoms with van der Waals surface area (Å²) in [6.45, 7) is 0. The van der Waals surface area contributed by atoms with E-state index in [0.29, 0.717) is 41.0 Å². The van der Waals surface area contributed by atoms with Crippen LogP contribution in [0.5, 0.6) is 0 Å². The SMILES string of the molecule is O=C(OC1CCC2C(=O)C(c3ccccc3Cl)=COC2C1)c1cccc(Br)c1. The topological polar surface area (TPSA) is 52.6 Å². The fraction of sp³-hybridized carbons (Fsp3) is 0.273. The Bertz CT molecular complexity index is 955. The fourth-order valence-electron chi connectivity index (χ4n) is 3.77. The van der Waals surface area contributed by atoms with Crippen LogP contribution in [-0.2, 0) is 14.3 Å². The molecule has 2 aromatic carbocycles. The molecule has 6 heteroatoms. The number of carbonyl (C=O) groups is 2. The van der Waals surface area contributed by atoms with Gasteiger partial charge in [-0.05, 0) is 37.1 Å². The van der Waals surface area contributed by atoms with Gasteiger partial charge in [0.2, 0.25) is 0 Å². The first-order valence-corrected chi connectivity index (χ1v) is 10.3. The third kappa shape index (κ3) is 3.87. The Kier molecular flexibility index (Phi) is 5.56. The molecular formula is C22H18BrClO4. The molecular weight excluding hydrogens is 444 g/mol. The van der Waals surface area contributed by atoms with Crippen molar-refractivity contribution in [3.63, 3.8) is 0 Å². The smallest absolute Gasteiger partial charge is 0.338 e. The summed E-state index contributed by atoms with van der Waals surface area (Å²) in [5.74, 6) is -0.558. The van der Waals surface area contributed by atoms with Crippen LogP contribution in [0.3, 0.4) is 0 Å². The lowest BCUT2D eigenvalue weighted by Crippen LogP contribution is -2.42. The molecule has 1 aliphatic heterocycles. The fourth-order valence-corrected chi connectivity index (χ4v) is 4.41.